The number of terminal acetylenes is 1. The Morgan fingerprint density at radius 3 is 2.60 bits per heavy atom. The van der Waals surface area contributed by atoms with Crippen LogP contribution in [0.5, 0.6) is 5.75 Å². The Balaban J connectivity index is 2.26. The summed E-state index contributed by atoms with van der Waals surface area (Å²) < 4.78 is 5.24. The molecule has 0 N–H and O–H groups in total. The number of benzene rings is 2. The summed E-state index contributed by atoms with van der Waals surface area (Å²) in [5.74, 6) is 2.33. The molecule has 25 heavy (non-hydrogen) atoms. The third kappa shape index (κ3) is 4.54. The van der Waals surface area contributed by atoms with Crippen molar-refractivity contribution in [3.63, 3.8) is 0 Å². The zero-order chi connectivity index (χ0) is 18.2. The van der Waals surface area contributed by atoms with E-state index in [0.717, 1.165) is 6.07 Å². The van der Waals surface area contributed by atoms with E-state index in [1.165, 1.54) is 24.3 Å². The van der Waals surface area contributed by atoms with Crippen molar-refractivity contribution in [2.24, 2.45) is 0 Å². The predicted octanol–water partition coefficient (Wildman–Crippen LogP) is 3.40. The summed E-state index contributed by atoms with van der Waals surface area (Å²) in [4.78, 5) is 22.6. The predicted molar refractivity (Wildman–Crippen MR) is 91.8 cm³/mol. The molecule has 0 spiro atoms. The smallest absolute Gasteiger partial charge is 0.270 e. The molecular weight excluding hydrogens is 320 g/mol. The van der Waals surface area contributed by atoms with Gasteiger partial charge in [-0.05, 0) is 23.8 Å². The van der Waals surface area contributed by atoms with E-state index in [2.05, 4.69) is 5.92 Å². The Labute approximate surface area is 144 Å². The highest BCUT2D eigenvalue weighted by Gasteiger charge is 2.15. The van der Waals surface area contributed by atoms with Gasteiger partial charge in [-0.3, -0.25) is 14.9 Å². The van der Waals surface area contributed by atoms with Gasteiger partial charge >= 0.3 is 0 Å². The highest BCUT2D eigenvalue weighted by atomic mass is 16.6. The van der Waals surface area contributed by atoms with Gasteiger partial charge in [0, 0.05) is 17.7 Å². The van der Waals surface area contributed by atoms with Gasteiger partial charge < -0.3 is 4.74 Å². The van der Waals surface area contributed by atoms with Crippen LogP contribution in [0.15, 0.2) is 54.1 Å². The highest BCUT2D eigenvalue weighted by Crippen LogP contribution is 2.19. The lowest BCUT2D eigenvalue weighted by Gasteiger charge is -2.03. The molecule has 0 aliphatic rings. The molecule has 0 unspecified atom stereocenters. The Hall–Kier alpha value is -3.90. The Morgan fingerprint density at radius 1 is 1.28 bits per heavy atom. The lowest BCUT2D eigenvalue weighted by molar-refractivity contribution is -0.384. The fraction of sp³-hybridized carbons (Fsp3) is 0.0526. The maximum Gasteiger partial charge on any atom is 0.270 e. The molecule has 0 heterocycles. The van der Waals surface area contributed by atoms with Crippen molar-refractivity contribution in [3.05, 3.63) is 75.3 Å². The van der Waals surface area contributed by atoms with Crippen LogP contribution >= 0.6 is 0 Å². The summed E-state index contributed by atoms with van der Waals surface area (Å²) >= 11 is 0. The molecule has 0 atom stereocenters. The molecule has 0 aromatic heterocycles. The highest BCUT2D eigenvalue weighted by molar-refractivity contribution is 6.14. The molecule has 0 fully saturated rings. The minimum atomic E-state index is -0.596. The third-order valence-electron chi connectivity index (χ3n) is 3.20. The van der Waals surface area contributed by atoms with Gasteiger partial charge in [-0.15, -0.1) is 6.42 Å². The van der Waals surface area contributed by atoms with E-state index in [9.17, 15) is 20.2 Å². The minimum Gasteiger partial charge on any atom is -0.481 e. The van der Waals surface area contributed by atoms with E-state index in [-0.39, 0.29) is 23.4 Å². The van der Waals surface area contributed by atoms with Crippen LogP contribution in [-0.4, -0.2) is 17.3 Å². The number of ketones is 1. The van der Waals surface area contributed by atoms with Crippen LogP contribution in [0, 0.1) is 33.8 Å². The van der Waals surface area contributed by atoms with Crippen molar-refractivity contribution >= 4 is 17.5 Å². The second-order valence-corrected chi connectivity index (χ2v) is 4.87. The first-order valence-electron chi connectivity index (χ1n) is 7.12. The summed E-state index contributed by atoms with van der Waals surface area (Å²) in [5.41, 5.74) is 0.357. The van der Waals surface area contributed by atoms with Gasteiger partial charge in [-0.1, -0.05) is 30.2 Å². The second-order valence-electron chi connectivity index (χ2n) is 4.87. The van der Waals surface area contributed by atoms with Crippen LogP contribution < -0.4 is 4.74 Å². The standard InChI is InChI=1S/C19H12N2O4/c1-2-10-25-18-8-6-14(7-9-18)11-16(13-20)19(22)15-4-3-5-17(12-15)21(23)24/h1,3-9,11-12H,10H2. The number of nitro groups is 1. The summed E-state index contributed by atoms with van der Waals surface area (Å²) in [6.45, 7) is 0.143. The van der Waals surface area contributed by atoms with Crippen LogP contribution in [0.25, 0.3) is 6.08 Å². The lowest BCUT2D eigenvalue weighted by Crippen LogP contribution is -2.02. The number of carbonyl (C=O) groups is 1. The number of rotatable bonds is 6. The topological polar surface area (TPSA) is 93.2 Å². The Kier molecular flexibility index (Phi) is 5.65. The van der Waals surface area contributed by atoms with Gasteiger partial charge in [0.15, 0.2) is 0 Å². The van der Waals surface area contributed by atoms with Crippen LogP contribution in [-0.2, 0) is 0 Å². The molecule has 6 heteroatoms. The third-order valence-corrected chi connectivity index (χ3v) is 3.20. The number of nitro benzene ring substituents is 1. The van der Waals surface area contributed by atoms with Crippen molar-refractivity contribution in [1.82, 2.24) is 0 Å². The zero-order valence-corrected chi connectivity index (χ0v) is 13.0. The number of allylic oxidation sites excluding steroid dienone is 1. The van der Waals surface area contributed by atoms with Crippen molar-refractivity contribution in [1.29, 1.82) is 5.26 Å². The van der Waals surface area contributed by atoms with E-state index in [0.29, 0.717) is 11.3 Å². The fourth-order valence-corrected chi connectivity index (χ4v) is 2.02. The normalized spacial score (nSPS) is 10.4. The van der Waals surface area contributed by atoms with E-state index in [1.54, 1.807) is 24.3 Å². The van der Waals surface area contributed by atoms with Gasteiger partial charge in [0.2, 0.25) is 5.78 Å². The van der Waals surface area contributed by atoms with Crippen molar-refractivity contribution in [2.45, 2.75) is 0 Å². The van der Waals surface area contributed by atoms with Gasteiger partial charge in [0.1, 0.15) is 24.0 Å². The second kappa shape index (κ2) is 8.09. The first-order chi connectivity index (χ1) is 12.0. The summed E-state index contributed by atoms with van der Waals surface area (Å²) in [6, 6.07) is 13.7. The van der Waals surface area contributed by atoms with Gasteiger partial charge in [-0.2, -0.15) is 5.26 Å². The van der Waals surface area contributed by atoms with Crippen molar-refractivity contribution < 1.29 is 14.5 Å². The molecule has 6 nitrogen and oxygen atoms in total. The number of nitrogens with zero attached hydrogens (tertiary/aromatic N) is 2. The summed E-state index contributed by atoms with van der Waals surface area (Å²) in [7, 11) is 0. The molecule has 0 saturated carbocycles. The van der Waals surface area contributed by atoms with Crippen molar-refractivity contribution in [2.75, 3.05) is 6.61 Å². The fourth-order valence-electron chi connectivity index (χ4n) is 2.02. The monoisotopic (exact) mass is 332 g/mol. The maximum absolute atomic E-state index is 12.4. The number of ether oxygens (including phenoxy) is 1. The number of carbonyl (C=O) groups excluding carboxylic acids is 1. The first-order valence-corrected chi connectivity index (χ1v) is 7.12. The van der Waals surface area contributed by atoms with Gasteiger partial charge in [-0.25, -0.2) is 0 Å². The SMILES string of the molecule is C#CCOc1ccc(C=C(C#N)C(=O)c2cccc([N+](=O)[O-])c2)cc1. The first kappa shape index (κ1) is 17.5. The molecule has 2 rings (SSSR count). The summed E-state index contributed by atoms with van der Waals surface area (Å²) in [5, 5.41) is 20.1. The van der Waals surface area contributed by atoms with Crippen LogP contribution in [0.3, 0.4) is 0 Å². The number of Topliss-reactive ketones (excluding diaryl/α,β-unsaturated/α-hetero) is 1. The summed E-state index contributed by atoms with van der Waals surface area (Å²) in [6.07, 6.45) is 6.52. The zero-order valence-electron chi connectivity index (χ0n) is 13.0. The molecule has 0 saturated heterocycles. The number of nitriles is 1. The van der Waals surface area contributed by atoms with Crippen molar-refractivity contribution in [3.8, 4) is 24.2 Å². The van der Waals surface area contributed by atoms with E-state index >= 15 is 0 Å². The van der Waals surface area contributed by atoms with Crippen LogP contribution in [0.4, 0.5) is 5.69 Å². The van der Waals surface area contributed by atoms with E-state index in [1.807, 2.05) is 6.07 Å². The molecule has 0 aliphatic heterocycles. The molecule has 0 bridgehead atoms. The van der Waals surface area contributed by atoms with Crippen LogP contribution in [0.2, 0.25) is 0 Å². The molecule has 122 valence electrons. The number of hydrogen-bond donors (Lipinski definition) is 0. The molecule has 0 aliphatic carbocycles. The lowest BCUT2D eigenvalue weighted by atomic mass is 10.0. The average Bonchev–Trinajstić information content (AvgIpc) is 2.65. The molecule has 2 aromatic carbocycles. The quantitative estimate of drug-likeness (QED) is 0.202. The molecular formula is C19H12N2O4. The maximum atomic E-state index is 12.4. The number of hydrogen-bond acceptors (Lipinski definition) is 5. The van der Waals surface area contributed by atoms with E-state index < -0.39 is 10.7 Å². The van der Waals surface area contributed by atoms with Gasteiger partial charge in [0.05, 0.1) is 4.92 Å². The van der Waals surface area contributed by atoms with Gasteiger partial charge in [0.25, 0.3) is 5.69 Å². The minimum absolute atomic E-state index is 0.0796. The largest absolute Gasteiger partial charge is 0.481 e. The Morgan fingerprint density at radius 2 is 2.00 bits per heavy atom. The molecule has 0 radical (unpaired) electrons. The molecule has 0 amide bonds. The van der Waals surface area contributed by atoms with E-state index in [4.69, 9.17) is 11.2 Å². The Bertz CT molecular complexity index is 916. The van der Waals surface area contributed by atoms with Crippen LogP contribution in [0.1, 0.15) is 15.9 Å². The average molecular weight is 332 g/mol. The molecule has 2 aromatic rings. The number of non-ortho nitro benzene ring substituents is 1.